The SMILES string of the molecule is CC(C)C(CN)CN(C)CC1CCN(C)CC1. The molecule has 0 spiro atoms. The molecule has 1 atom stereocenters. The molecule has 1 saturated heterocycles. The fourth-order valence-corrected chi connectivity index (χ4v) is 2.72. The Morgan fingerprint density at radius 3 is 2.35 bits per heavy atom. The van der Waals surface area contributed by atoms with Crippen LogP contribution in [0.15, 0.2) is 0 Å². The summed E-state index contributed by atoms with van der Waals surface area (Å²) in [5, 5.41) is 0. The summed E-state index contributed by atoms with van der Waals surface area (Å²) < 4.78 is 0. The minimum atomic E-state index is 0.645. The van der Waals surface area contributed by atoms with Gasteiger partial charge < -0.3 is 15.5 Å². The lowest BCUT2D eigenvalue weighted by molar-refractivity contribution is 0.158. The molecule has 1 heterocycles. The summed E-state index contributed by atoms with van der Waals surface area (Å²) in [6, 6.07) is 0. The third kappa shape index (κ3) is 5.36. The fraction of sp³-hybridized carbons (Fsp3) is 1.00. The van der Waals surface area contributed by atoms with Gasteiger partial charge in [0.1, 0.15) is 0 Å². The first kappa shape index (κ1) is 14.9. The average Bonchev–Trinajstić information content (AvgIpc) is 2.28. The van der Waals surface area contributed by atoms with E-state index in [0.717, 1.165) is 19.0 Å². The van der Waals surface area contributed by atoms with E-state index in [-0.39, 0.29) is 0 Å². The number of likely N-dealkylation sites (tertiary alicyclic amines) is 1. The highest BCUT2D eigenvalue weighted by Gasteiger charge is 2.20. The first-order valence-electron chi connectivity index (χ1n) is 7.10. The van der Waals surface area contributed by atoms with Crippen molar-refractivity contribution in [2.24, 2.45) is 23.5 Å². The Morgan fingerprint density at radius 2 is 1.88 bits per heavy atom. The highest BCUT2D eigenvalue weighted by molar-refractivity contribution is 4.74. The Bertz CT molecular complexity index is 198. The first-order valence-corrected chi connectivity index (χ1v) is 7.10. The van der Waals surface area contributed by atoms with E-state index in [1.165, 1.54) is 32.5 Å². The molecule has 2 N–H and O–H groups in total. The third-order valence-corrected chi connectivity index (χ3v) is 4.20. The molecule has 0 bridgehead atoms. The summed E-state index contributed by atoms with van der Waals surface area (Å²) in [6.07, 6.45) is 2.71. The van der Waals surface area contributed by atoms with Crippen LogP contribution in [0.25, 0.3) is 0 Å². The van der Waals surface area contributed by atoms with Gasteiger partial charge in [0.25, 0.3) is 0 Å². The maximum absolute atomic E-state index is 5.84. The van der Waals surface area contributed by atoms with Crippen molar-refractivity contribution in [2.75, 3.05) is 46.8 Å². The molecular formula is C14H31N3. The molecule has 0 aromatic carbocycles. The summed E-state index contributed by atoms with van der Waals surface area (Å²) in [6.45, 7) is 10.3. The lowest BCUT2D eigenvalue weighted by Gasteiger charge is -2.33. The van der Waals surface area contributed by atoms with E-state index in [2.05, 4.69) is 37.7 Å². The van der Waals surface area contributed by atoms with Crippen LogP contribution in [0.2, 0.25) is 0 Å². The largest absolute Gasteiger partial charge is 0.330 e. The minimum absolute atomic E-state index is 0.645. The highest BCUT2D eigenvalue weighted by atomic mass is 15.1. The lowest BCUT2D eigenvalue weighted by Crippen LogP contribution is -2.39. The molecule has 3 heteroatoms. The van der Waals surface area contributed by atoms with Crippen LogP contribution in [0.3, 0.4) is 0 Å². The van der Waals surface area contributed by atoms with Gasteiger partial charge in [-0.2, -0.15) is 0 Å². The molecule has 0 aromatic rings. The van der Waals surface area contributed by atoms with E-state index in [4.69, 9.17) is 5.73 Å². The zero-order valence-electron chi connectivity index (χ0n) is 12.2. The molecule has 17 heavy (non-hydrogen) atoms. The number of piperidine rings is 1. The molecular weight excluding hydrogens is 210 g/mol. The predicted molar refractivity (Wildman–Crippen MR) is 75.1 cm³/mol. The van der Waals surface area contributed by atoms with Gasteiger partial charge in [-0.15, -0.1) is 0 Å². The molecule has 1 aliphatic heterocycles. The second-order valence-electron chi connectivity index (χ2n) is 6.21. The Balaban J connectivity index is 2.26. The molecule has 0 radical (unpaired) electrons. The summed E-state index contributed by atoms with van der Waals surface area (Å²) >= 11 is 0. The van der Waals surface area contributed by atoms with E-state index < -0.39 is 0 Å². The van der Waals surface area contributed by atoms with Crippen LogP contribution in [-0.4, -0.2) is 56.6 Å². The molecule has 0 amide bonds. The maximum Gasteiger partial charge on any atom is 0.00212 e. The minimum Gasteiger partial charge on any atom is -0.330 e. The highest BCUT2D eigenvalue weighted by Crippen LogP contribution is 2.18. The molecule has 3 nitrogen and oxygen atoms in total. The van der Waals surface area contributed by atoms with E-state index in [9.17, 15) is 0 Å². The summed E-state index contributed by atoms with van der Waals surface area (Å²) in [5.74, 6) is 2.23. The van der Waals surface area contributed by atoms with Crippen molar-refractivity contribution in [3.63, 3.8) is 0 Å². The number of nitrogens with two attached hydrogens (primary N) is 1. The van der Waals surface area contributed by atoms with Crippen molar-refractivity contribution in [2.45, 2.75) is 26.7 Å². The Hall–Kier alpha value is -0.120. The van der Waals surface area contributed by atoms with Crippen LogP contribution in [0.1, 0.15) is 26.7 Å². The Labute approximate surface area is 107 Å². The van der Waals surface area contributed by atoms with E-state index in [1.807, 2.05) is 0 Å². The average molecular weight is 241 g/mol. The van der Waals surface area contributed by atoms with Crippen molar-refractivity contribution in [1.82, 2.24) is 9.80 Å². The zero-order chi connectivity index (χ0) is 12.8. The first-order chi connectivity index (χ1) is 8.02. The summed E-state index contributed by atoms with van der Waals surface area (Å²) in [5.41, 5.74) is 5.84. The van der Waals surface area contributed by atoms with Gasteiger partial charge in [0.15, 0.2) is 0 Å². The van der Waals surface area contributed by atoms with Gasteiger partial charge in [-0.25, -0.2) is 0 Å². The van der Waals surface area contributed by atoms with Crippen LogP contribution >= 0.6 is 0 Å². The molecule has 1 unspecified atom stereocenters. The van der Waals surface area contributed by atoms with E-state index >= 15 is 0 Å². The molecule has 0 saturated carbocycles. The normalized spacial score (nSPS) is 21.4. The van der Waals surface area contributed by atoms with Gasteiger partial charge in [0.05, 0.1) is 0 Å². The van der Waals surface area contributed by atoms with Crippen molar-refractivity contribution >= 4 is 0 Å². The fourth-order valence-electron chi connectivity index (χ4n) is 2.72. The summed E-state index contributed by atoms with van der Waals surface area (Å²) in [4.78, 5) is 4.93. The van der Waals surface area contributed by atoms with Crippen LogP contribution in [0.5, 0.6) is 0 Å². The number of hydrogen-bond acceptors (Lipinski definition) is 3. The monoisotopic (exact) mass is 241 g/mol. The molecule has 0 aliphatic carbocycles. The van der Waals surface area contributed by atoms with Gasteiger partial charge >= 0.3 is 0 Å². The van der Waals surface area contributed by atoms with Crippen molar-refractivity contribution in [3.8, 4) is 0 Å². The standard InChI is InChI=1S/C14H31N3/c1-12(2)14(9-15)11-17(4)10-13-5-7-16(3)8-6-13/h12-14H,5-11,15H2,1-4H3. The van der Waals surface area contributed by atoms with E-state index in [1.54, 1.807) is 0 Å². The maximum atomic E-state index is 5.84. The van der Waals surface area contributed by atoms with Gasteiger partial charge in [0.2, 0.25) is 0 Å². The Kier molecular flexibility index (Phi) is 6.45. The zero-order valence-corrected chi connectivity index (χ0v) is 12.2. The predicted octanol–water partition coefficient (Wildman–Crippen LogP) is 1.49. The molecule has 102 valence electrons. The molecule has 1 fully saturated rings. The van der Waals surface area contributed by atoms with Crippen LogP contribution < -0.4 is 5.73 Å². The molecule has 0 aromatic heterocycles. The van der Waals surface area contributed by atoms with Gasteiger partial charge in [0, 0.05) is 13.1 Å². The second-order valence-corrected chi connectivity index (χ2v) is 6.21. The van der Waals surface area contributed by atoms with Gasteiger partial charge in [-0.1, -0.05) is 13.8 Å². The topological polar surface area (TPSA) is 32.5 Å². The number of nitrogens with zero attached hydrogens (tertiary/aromatic N) is 2. The third-order valence-electron chi connectivity index (χ3n) is 4.20. The molecule has 1 aliphatic rings. The van der Waals surface area contributed by atoms with Gasteiger partial charge in [-0.05, 0) is 64.3 Å². The van der Waals surface area contributed by atoms with Crippen molar-refractivity contribution < 1.29 is 0 Å². The van der Waals surface area contributed by atoms with E-state index in [0.29, 0.717) is 11.8 Å². The van der Waals surface area contributed by atoms with Crippen LogP contribution in [0, 0.1) is 17.8 Å². The Morgan fingerprint density at radius 1 is 1.29 bits per heavy atom. The van der Waals surface area contributed by atoms with Crippen LogP contribution in [-0.2, 0) is 0 Å². The second kappa shape index (κ2) is 7.34. The smallest absolute Gasteiger partial charge is 0.00212 e. The van der Waals surface area contributed by atoms with Crippen molar-refractivity contribution in [3.05, 3.63) is 0 Å². The van der Waals surface area contributed by atoms with Crippen LogP contribution in [0.4, 0.5) is 0 Å². The quantitative estimate of drug-likeness (QED) is 0.765. The lowest BCUT2D eigenvalue weighted by atomic mass is 9.93. The number of hydrogen-bond donors (Lipinski definition) is 1. The van der Waals surface area contributed by atoms with Gasteiger partial charge in [-0.3, -0.25) is 0 Å². The van der Waals surface area contributed by atoms with Crippen molar-refractivity contribution in [1.29, 1.82) is 0 Å². The number of rotatable bonds is 6. The summed E-state index contributed by atoms with van der Waals surface area (Å²) in [7, 11) is 4.48. The molecule has 1 rings (SSSR count).